The van der Waals surface area contributed by atoms with Crippen LogP contribution in [0.25, 0.3) is 0 Å². The van der Waals surface area contributed by atoms with Crippen LogP contribution < -0.4 is 0 Å². The zero-order valence-corrected chi connectivity index (χ0v) is 13.9. The van der Waals surface area contributed by atoms with Gasteiger partial charge in [-0.2, -0.15) is 0 Å². The zero-order valence-electron chi connectivity index (χ0n) is 13.9. The third-order valence-corrected chi connectivity index (χ3v) is 8.39. The lowest BCUT2D eigenvalue weighted by Gasteiger charge is -2.59. The monoisotopic (exact) mass is 306 g/mol. The molecular formula is C19H30O3. The molecule has 3 nitrogen and oxygen atoms in total. The predicted molar refractivity (Wildman–Crippen MR) is 84.1 cm³/mol. The molecule has 0 amide bonds. The Morgan fingerprint density at radius 2 is 1.64 bits per heavy atom. The Bertz CT molecular complexity index is 489. The highest BCUT2D eigenvalue weighted by Gasteiger charge is 2.62. The van der Waals surface area contributed by atoms with E-state index in [0.29, 0.717) is 30.0 Å². The Hall–Kier alpha value is -0.410. The zero-order chi connectivity index (χ0) is 15.7. The van der Waals surface area contributed by atoms with E-state index in [1.54, 1.807) is 0 Å². The molecule has 0 bridgehead atoms. The van der Waals surface area contributed by atoms with E-state index in [9.17, 15) is 15.0 Å². The van der Waals surface area contributed by atoms with Crippen LogP contribution in [-0.4, -0.2) is 28.2 Å². The minimum atomic E-state index is -0.218. The summed E-state index contributed by atoms with van der Waals surface area (Å²) in [6, 6.07) is 0. The number of rotatable bonds is 0. The summed E-state index contributed by atoms with van der Waals surface area (Å²) < 4.78 is 0. The number of carbonyl (C=O) groups excluding carboxylic acids is 1. The van der Waals surface area contributed by atoms with E-state index in [2.05, 4.69) is 13.8 Å². The second-order valence-corrected chi connectivity index (χ2v) is 9.18. The molecule has 0 saturated heterocycles. The minimum absolute atomic E-state index is 0.0335. The second kappa shape index (κ2) is 4.80. The van der Waals surface area contributed by atoms with Crippen LogP contribution in [0.4, 0.5) is 0 Å². The van der Waals surface area contributed by atoms with Gasteiger partial charge in [-0.25, -0.2) is 0 Å². The number of aliphatic hydroxyl groups excluding tert-OH is 2. The number of hydrogen-bond donors (Lipinski definition) is 2. The van der Waals surface area contributed by atoms with Crippen molar-refractivity contribution in [3.05, 3.63) is 0 Å². The van der Waals surface area contributed by atoms with Gasteiger partial charge in [0.15, 0.2) is 0 Å². The highest BCUT2D eigenvalue weighted by molar-refractivity contribution is 5.83. The molecule has 2 N–H and O–H groups in total. The Balaban J connectivity index is 1.69. The van der Waals surface area contributed by atoms with Crippen LogP contribution in [-0.2, 0) is 4.79 Å². The Morgan fingerprint density at radius 3 is 2.41 bits per heavy atom. The SMILES string of the molecule is C[C@]12CCC(O)CC1CC(=O)[C@@H]1[C@@H]2CC[C@]2(C)C(O)CC[C@@H]12. The molecule has 4 fully saturated rings. The van der Waals surface area contributed by atoms with Crippen molar-refractivity contribution in [2.45, 2.75) is 77.4 Å². The van der Waals surface area contributed by atoms with Crippen molar-refractivity contribution in [3.63, 3.8) is 0 Å². The lowest BCUT2D eigenvalue weighted by Crippen LogP contribution is -2.57. The van der Waals surface area contributed by atoms with Crippen molar-refractivity contribution < 1.29 is 15.0 Å². The van der Waals surface area contributed by atoms with Crippen LogP contribution in [0.3, 0.4) is 0 Å². The predicted octanol–water partition coefficient (Wildman–Crippen LogP) is 2.93. The molecule has 4 aliphatic carbocycles. The molecule has 0 radical (unpaired) electrons. The van der Waals surface area contributed by atoms with Gasteiger partial charge in [-0.3, -0.25) is 4.79 Å². The summed E-state index contributed by atoms with van der Waals surface area (Å²) in [5, 5.41) is 20.5. The van der Waals surface area contributed by atoms with E-state index in [1.165, 1.54) is 0 Å². The van der Waals surface area contributed by atoms with Gasteiger partial charge in [0.25, 0.3) is 0 Å². The first-order valence-electron chi connectivity index (χ1n) is 9.25. The minimum Gasteiger partial charge on any atom is -0.393 e. The topological polar surface area (TPSA) is 57.5 Å². The summed E-state index contributed by atoms with van der Waals surface area (Å²) >= 11 is 0. The molecule has 0 spiro atoms. The summed E-state index contributed by atoms with van der Waals surface area (Å²) in [5.74, 6) is 1.85. The van der Waals surface area contributed by atoms with E-state index in [0.717, 1.165) is 44.9 Å². The fraction of sp³-hybridized carbons (Fsp3) is 0.947. The van der Waals surface area contributed by atoms with Gasteiger partial charge < -0.3 is 10.2 Å². The van der Waals surface area contributed by atoms with Gasteiger partial charge in [0.1, 0.15) is 5.78 Å². The molecule has 4 saturated carbocycles. The fourth-order valence-corrected chi connectivity index (χ4v) is 6.88. The lowest BCUT2D eigenvalue weighted by molar-refractivity contribution is -0.162. The molecular weight excluding hydrogens is 276 g/mol. The summed E-state index contributed by atoms with van der Waals surface area (Å²) in [7, 11) is 0. The Kier molecular flexibility index (Phi) is 3.30. The highest BCUT2D eigenvalue weighted by Crippen LogP contribution is 2.65. The van der Waals surface area contributed by atoms with Crippen LogP contribution in [0, 0.1) is 34.5 Å². The van der Waals surface area contributed by atoms with Gasteiger partial charge in [0, 0.05) is 12.3 Å². The van der Waals surface area contributed by atoms with Crippen molar-refractivity contribution in [1.82, 2.24) is 0 Å². The molecule has 22 heavy (non-hydrogen) atoms. The van der Waals surface area contributed by atoms with Crippen LogP contribution in [0.5, 0.6) is 0 Å². The first-order chi connectivity index (χ1) is 10.4. The fourth-order valence-electron chi connectivity index (χ4n) is 6.88. The quantitative estimate of drug-likeness (QED) is 0.723. The standard InChI is InChI=1S/C19H30O3/c1-18-7-5-12(20)9-11(18)10-15(21)17-13-3-4-16(22)19(13,2)8-6-14(17)18/h11-14,16-17,20,22H,3-10H2,1-2H3/t11?,12?,13-,14-,16?,17-,18-,19-/m0/s1. The number of aliphatic hydroxyl groups is 2. The summed E-state index contributed by atoms with van der Waals surface area (Å²) in [4.78, 5) is 13.0. The molecule has 3 heteroatoms. The molecule has 4 rings (SSSR count). The van der Waals surface area contributed by atoms with Crippen molar-refractivity contribution in [2.24, 2.45) is 34.5 Å². The van der Waals surface area contributed by atoms with Gasteiger partial charge in [0.05, 0.1) is 12.2 Å². The van der Waals surface area contributed by atoms with E-state index < -0.39 is 0 Å². The Labute approximate surface area is 133 Å². The van der Waals surface area contributed by atoms with Crippen molar-refractivity contribution >= 4 is 5.78 Å². The molecule has 4 aliphatic rings. The average Bonchev–Trinajstić information content (AvgIpc) is 2.77. The number of ketones is 1. The summed E-state index contributed by atoms with van der Waals surface area (Å²) in [6.07, 6.45) is 7.07. The summed E-state index contributed by atoms with van der Waals surface area (Å²) in [6.45, 7) is 4.61. The van der Waals surface area contributed by atoms with Gasteiger partial charge in [0.2, 0.25) is 0 Å². The van der Waals surface area contributed by atoms with Crippen LogP contribution in [0.15, 0.2) is 0 Å². The third kappa shape index (κ3) is 1.84. The molecule has 3 unspecified atom stereocenters. The summed E-state index contributed by atoms with van der Waals surface area (Å²) in [5.41, 5.74) is 0.195. The maximum Gasteiger partial charge on any atom is 0.136 e. The molecule has 8 atom stereocenters. The third-order valence-electron chi connectivity index (χ3n) is 8.39. The largest absolute Gasteiger partial charge is 0.393 e. The molecule has 0 aromatic rings. The van der Waals surface area contributed by atoms with Crippen LogP contribution >= 0.6 is 0 Å². The van der Waals surface area contributed by atoms with Crippen molar-refractivity contribution in [1.29, 1.82) is 0 Å². The van der Waals surface area contributed by atoms with Crippen molar-refractivity contribution in [2.75, 3.05) is 0 Å². The first kappa shape index (κ1) is 15.1. The smallest absolute Gasteiger partial charge is 0.136 e. The van der Waals surface area contributed by atoms with Gasteiger partial charge in [-0.05, 0) is 73.5 Å². The van der Waals surface area contributed by atoms with E-state index in [-0.39, 0.29) is 29.0 Å². The van der Waals surface area contributed by atoms with E-state index in [1.807, 2.05) is 0 Å². The maximum atomic E-state index is 13.0. The van der Waals surface area contributed by atoms with E-state index in [4.69, 9.17) is 0 Å². The van der Waals surface area contributed by atoms with Gasteiger partial charge in [-0.15, -0.1) is 0 Å². The van der Waals surface area contributed by atoms with Crippen LogP contribution in [0.1, 0.15) is 65.2 Å². The number of fused-ring (bicyclic) bond motifs is 5. The lowest BCUT2D eigenvalue weighted by atomic mass is 9.45. The Morgan fingerprint density at radius 1 is 0.955 bits per heavy atom. The average molecular weight is 306 g/mol. The first-order valence-corrected chi connectivity index (χ1v) is 9.25. The molecule has 0 aliphatic heterocycles. The second-order valence-electron chi connectivity index (χ2n) is 9.18. The molecule has 0 aromatic carbocycles. The van der Waals surface area contributed by atoms with E-state index >= 15 is 0 Å². The van der Waals surface area contributed by atoms with Gasteiger partial charge in [-0.1, -0.05) is 13.8 Å². The number of carbonyl (C=O) groups is 1. The van der Waals surface area contributed by atoms with Crippen LogP contribution in [0.2, 0.25) is 0 Å². The van der Waals surface area contributed by atoms with Gasteiger partial charge >= 0.3 is 0 Å². The molecule has 0 heterocycles. The molecule has 0 aromatic heterocycles. The number of hydrogen-bond acceptors (Lipinski definition) is 3. The maximum absolute atomic E-state index is 13.0. The highest BCUT2D eigenvalue weighted by atomic mass is 16.3. The molecule has 124 valence electrons. The normalized spacial score (nSPS) is 57.9. The number of Topliss-reactive ketones (excluding diaryl/α,β-unsaturated/α-hetero) is 1. The van der Waals surface area contributed by atoms with Crippen molar-refractivity contribution in [3.8, 4) is 0 Å².